The number of hydrogen-bond donors (Lipinski definition) is 3. The van der Waals surface area contributed by atoms with Crippen molar-refractivity contribution >= 4 is 15.8 Å². The van der Waals surface area contributed by atoms with Crippen molar-refractivity contribution in [3.63, 3.8) is 0 Å². The summed E-state index contributed by atoms with van der Waals surface area (Å²) < 4.78 is 39.9. The molecule has 0 aliphatic rings. The Morgan fingerprint density at radius 1 is 1.35 bits per heavy atom. The van der Waals surface area contributed by atoms with Crippen LogP contribution >= 0.6 is 0 Å². The van der Waals surface area contributed by atoms with E-state index in [1.807, 2.05) is 0 Å². The van der Waals surface area contributed by atoms with Crippen LogP contribution < -0.4 is 10.5 Å². The predicted octanol–water partition coefficient (Wildman–Crippen LogP) is 1.23. The summed E-state index contributed by atoms with van der Waals surface area (Å²) >= 11 is 0. The lowest BCUT2D eigenvalue weighted by atomic mass is 10.1. The molecule has 20 heavy (non-hydrogen) atoms. The Morgan fingerprint density at radius 2 is 1.95 bits per heavy atom. The molecule has 8 heteroatoms. The second-order valence-corrected chi connectivity index (χ2v) is 6.25. The smallest absolute Gasteiger partial charge is 0.246 e. The van der Waals surface area contributed by atoms with Crippen molar-refractivity contribution in [3.05, 3.63) is 40.8 Å². The number of aromatic nitrogens is 2. The van der Waals surface area contributed by atoms with Gasteiger partial charge in [-0.2, -0.15) is 5.10 Å². The van der Waals surface area contributed by atoms with Gasteiger partial charge in [0.1, 0.15) is 16.5 Å². The van der Waals surface area contributed by atoms with Crippen LogP contribution in [0.25, 0.3) is 0 Å². The lowest BCUT2D eigenvalue weighted by molar-refractivity contribution is 0.581. The third kappa shape index (κ3) is 2.81. The number of nitrogens with one attached hydrogen (secondary N) is 2. The molecule has 0 atom stereocenters. The highest BCUT2D eigenvalue weighted by molar-refractivity contribution is 7.89. The minimum atomic E-state index is -3.74. The van der Waals surface area contributed by atoms with E-state index in [4.69, 9.17) is 5.73 Å². The number of nitrogens with two attached hydrogens (primary N) is 1. The zero-order valence-corrected chi connectivity index (χ0v) is 11.9. The Morgan fingerprint density at radius 3 is 2.45 bits per heavy atom. The maximum atomic E-state index is 13.5. The summed E-state index contributed by atoms with van der Waals surface area (Å²) in [4.78, 5) is -0.104. The van der Waals surface area contributed by atoms with Crippen molar-refractivity contribution in [2.24, 2.45) is 0 Å². The molecule has 1 heterocycles. The zero-order valence-electron chi connectivity index (χ0n) is 11.1. The molecule has 2 rings (SSSR count). The number of benzene rings is 1. The predicted molar refractivity (Wildman–Crippen MR) is 72.9 cm³/mol. The van der Waals surface area contributed by atoms with Gasteiger partial charge in [-0.3, -0.25) is 5.10 Å². The first kappa shape index (κ1) is 14.5. The van der Waals surface area contributed by atoms with E-state index in [1.165, 1.54) is 0 Å². The van der Waals surface area contributed by atoms with Crippen molar-refractivity contribution in [1.82, 2.24) is 14.9 Å². The summed E-state index contributed by atoms with van der Waals surface area (Å²) in [6, 6.07) is 3.20. The summed E-state index contributed by atoms with van der Waals surface area (Å²) in [6.45, 7) is 3.32. The number of anilines is 1. The second kappa shape index (κ2) is 5.22. The quantitative estimate of drug-likeness (QED) is 0.790. The number of aryl methyl sites for hydroxylation is 2. The fourth-order valence-electron chi connectivity index (χ4n) is 1.89. The number of rotatable bonds is 4. The standard InChI is InChI=1S/C12H15FN4O2S/c1-7-3-9(4-8(2)11(7)13)5-16-20(18,19)10-6-15-17-12(10)14/h3-4,6,16H,5H2,1-2H3,(H3,14,15,17). The van der Waals surface area contributed by atoms with Crippen LogP contribution in [0, 0.1) is 19.7 Å². The van der Waals surface area contributed by atoms with Crippen molar-refractivity contribution in [2.45, 2.75) is 25.3 Å². The molecule has 1 aromatic carbocycles. The molecule has 0 bridgehead atoms. The first-order valence-electron chi connectivity index (χ1n) is 5.85. The van der Waals surface area contributed by atoms with Gasteiger partial charge >= 0.3 is 0 Å². The molecule has 0 unspecified atom stereocenters. The maximum absolute atomic E-state index is 13.5. The summed E-state index contributed by atoms with van der Waals surface area (Å²) in [7, 11) is -3.74. The Hall–Kier alpha value is -1.93. The van der Waals surface area contributed by atoms with Crippen LogP contribution in [0.1, 0.15) is 16.7 Å². The molecular weight excluding hydrogens is 283 g/mol. The van der Waals surface area contributed by atoms with Gasteiger partial charge in [-0.1, -0.05) is 12.1 Å². The molecule has 0 aliphatic carbocycles. The average Bonchev–Trinajstić information content (AvgIpc) is 2.80. The van der Waals surface area contributed by atoms with Crippen molar-refractivity contribution in [3.8, 4) is 0 Å². The maximum Gasteiger partial charge on any atom is 0.246 e. The second-order valence-electron chi connectivity index (χ2n) is 4.52. The molecule has 108 valence electrons. The highest BCUT2D eigenvalue weighted by Crippen LogP contribution is 2.17. The van der Waals surface area contributed by atoms with Crippen molar-refractivity contribution in [1.29, 1.82) is 0 Å². The zero-order chi connectivity index (χ0) is 14.9. The molecule has 0 fully saturated rings. The van der Waals surface area contributed by atoms with Crippen molar-refractivity contribution < 1.29 is 12.8 Å². The summed E-state index contributed by atoms with van der Waals surface area (Å²) in [5.41, 5.74) is 7.10. The molecule has 0 aliphatic heterocycles. The summed E-state index contributed by atoms with van der Waals surface area (Å²) in [6.07, 6.45) is 1.14. The fourth-order valence-corrected chi connectivity index (χ4v) is 2.93. The number of H-pyrrole nitrogens is 1. The number of hydrogen-bond acceptors (Lipinski definition) is 4. The monoisotopic (exact) mass is 298 g/mol. The van der Waals surface area contributed by atoms with Gasteiger partial charge in [-0.05, 0) is 30.5 Å². The van der Waals surface area contributed by atoms with E-state index in [2.05, 4.69) is 14.9 Å². The first-order valence-corrected chi connectivity index (χ1v) is 7.33. The van der Waals surface area contributed by atoms with Crippen LogP contribution in [-0.4, -0.2) is 18.6 Å². The number of aromatic amines is 1. The third-order valence-electron chi connectivity index (χ3n) is 2.88. The van der Waals surface area contributed by atoms with Gasteiger partial charge < -0.3 is 5.73 Å². The van der Waals surface area contributed by atoms with Gasteiger partial charge in [-0.25, -0.2) is 17.5 Å². The molecule has 0 saturated carbocycles. The minimum absolute atomic E-state index is 0.0241. The van der Waals surface area contributed by atoms with E-state index in [0.717, 1.165) is 6.20 Å². The largest absolute Gasteiger partial charge is 0.383 e. The molecule has 0 saturated heterocycles. The van der Waals surface area contributed by atoms with Gasteiger partial charge in [0.2, 0.25) is 10.0 Å². The van der Waals surface area contributed by atoms with Crippen LogP contribution in [0.4, 0.5) is 10.2 Å². The third-order valence-corrected chi connectivity index (χ3v) is 4.31. The molecule has 0 amide bonds. The van der Waals surface area contributed by atoms with E-state index in [-0.39, 0.29) is 23.1 Å². The lowest BCUT2D eigenvalue weighted by Crippen LogP contribution is -2.23. The van der Waals surface area contributed by atoms with Gasteiger partial charge in [0.15, 0.2) is 0 Å². The highest BCUT2D eigenvalue weighted by atomic mass is 32.2. The van der Waals surface area contributed by atoms with Crippen LogP contribution in [-0.2, 0) is 16.6 Å². The SMILES string of the molecule is Cc1cc(CNS(=O)(=O)c2cn[nH]c2N)cc(C)c1F. The Kier molecular flexibility index (Phi) is 3.78. The molecule has 1 aromatic heterocycles. The highest BCUT2D eigenvalue weighted by Gasteiger charge is 2.19. The number of nitrogens with zero attached hydrogens (tertiary/aromatic N) is 1. The lowest BCUT2D eigenvalue weighted by Gasteiger charge is -2.08. The van der Waals surface area contributed by atoms with E-state index in [0.29, 0.717) is 16.7 Å². The fraction of sp³-hybridized carbons (Fsp3) is 0.250. The molecule has 4 N–H and O–H groups in total. The van der Waals surface area contributed by atoms with E-state index < -0.39 is 10.0 Å². The van der Waals surface area contributed by atoms with Crippen molar-refractivity contribution in [2.75, 3.05) is 5.73 Å². The molecule has 0 spiro atoms. The molecular formula is C12H15FN4O2S. The van der Waals surface area contributed by atoms with Gasteiger partial charge in [0.25, 0.3) is 0 Å². The molecule has 6 nitrogen and oxygen atoms in total. The van der Waals surface area contributed by atoms with Gasteiger partial charge in [-0.15, -0.1) is 0 Å². The minimum Gasteiger partial charge on any atom is -0.383 e. The number of nitrogen functional groups attached to an aromatic ring is 1. The van der Waals surface area contributed by atoms with Gasteiger partial charge in [0, 0.05) is 6.54 Å². The van der Waals surface area contributed by atoms with E-state index in [9.17, 15) is 12.8 Å². The Bertz CT molecular complexity index is 717. The van der Waals surface area contributed by atoms with Crippen LogP contribution in [0.15, 0.2) is 23.2 Å². The number of halogens is 1. The Balaban J connectivity index is 2.19. The summed E-state index contributed by atoms with van der Waals surface area (Å²) in [5.74, 6) is -0.306. The van der Waals surface area contributed by atoms with Gasteiger partial charge in [0.05, 0.1) is 6.20 Å². The summed E-state index contributed by atoms with van der Waals surface area (Å²) in [5, 5.41) is 5.92. The first-order chi connectivity index (χ1) is 9.31. The normalized spacial score (nSPS) is 11.8. The van der Waals surface area contributed by atoms with E-state index in [1.54, 1.807) is 26.0 Å². The van der Waals surface area contributed by atoms with Crippen LogP contribution in [0.5, 0.6) is 0 Å². The van der Waals surface area contributed by atoms with Crippen LogP contribution in [0.3, 0.4) is 0 Å². The molecule has 2 aromatic rings. The van der Waals surface area contributed by atoms with E-state index >= 15 is 0 Å². The van der Waals surface area contributed by atoms with Crippen LogP contribution in [0.2, 0.25) is 0 Å². The average molecular weight is 298 g/mol. The number of sulfonamides is 1. The Labute approximate surface area is 116 Å². The topological polar surface area (TPSA) is 101 Å². The molecule has 0 radical (unpaired) electrons.